The largest absolute Gasteiger partial charge is 0.363 e. The molecule has 0 aliphatic carbocycles. The van der Waals surface area contributed by atoms with Crippen LogP contribution in [0.2, 0.25) is 0 Å². The van der Waals surface area contributed by atoms with Gasteiger partial charge in [0, 0.05) is 37.3 Å². The number of nitrogens with one attached hydrogen (secondary N) is 3. The standard InChI is InChI=1S/C27H29FN8O3/c1-5-20(37)36-9-7-18(14-36)31-23-21-19(6-8-29-22(21)33-34-23)16-10-15(11-17(28)12-16)13-30-25(38)24-32-26(39-35-24)27(2,3)4/h5-6,8,10-12,18H,1,7,9,13-14H2,2-4H3,(H,30,38)(H2,29,31,33,34)/t18-/m1/s1. The fraction of sp³-hybridized carbons (Fsp3) is 0.333. The zero-order chi connectivity index (χ0) is 27.7. The summed E-state index contributed by atoms with van der Waals surface area (Å²) in [5, 5.41) is 17.9. The number of H-pyrrole nitrogens is 1. The predicted molar refractivity (Wildman–Crippen MR) is 142 cm³/mol. The van der Waals surface area contributed by atoms with Crippen LogP contribution in [0.4, 0.5) is 10.2 Å². The Bertz CT molecular complexity index is 1550. The minimum absolute atomic E-state index is 0.00400. The number of nitrogens with zero attached hydrogens (tertiary/aromatic N) is 5. The molecule has 1 saturated heterocycles. The number of carbonyl (C=O) groups excluding carboxylic acids is 2. The first-order chi connectivity index (χ1) is 18.6. The molecular weight excluding hydrogens is 503 g/mol. The monoisotopic (exact) mass is 532 g/mol. The molecular formula is C27H29FN8O3. The van der Waals surface area contributed by atoms with Gasteiger partial charge >= 0.3 is 0 Å². The Morgan fingerprint density at radius 2 is 2.13 bits per heavy atom. The number of amides is 2. The minimum Gasteiger partial charge on any atom is -0.363 e. The van der Waals surface area contributed by atoms with Crippen molar-refractivity contribution >= 4 is 28.7 Å². The Hall–Kier alpha value is -4.61. The summed E-state index contributed by atoms with van der Waals surface area (Å²) in [6.07, 6.45) is 3.68. The first-order valence-corrected chi connectivity index (χ1v) is 12.6. The summed E-state index contributed by atoms with van der Waals surface area (Å²) in [7, 11) is 0. The van der Waals surface area contributed by atoms with Gasteiger partial charge in [0.15, 0.2) is 11.5 Å². The van der Waals surface area contributed by atoms with Crippen molar-refractivity contribution < 1.29 is 18.5 Å². The van der Waals surface area contributed by atoms with E-state index < -0.39 is 11.7 Å². The van der Waals surface area contributed by atoms with Crippen molar-refractivity contribution in [1.82, 2.24) is 35.5 Å². The first kappa shape index (κ1) is 26.0. The Morgan fingerprint density at radius 3 is 2.87 bits per heavy atom. The van der Waals surface area contributed by atoms with Gasteiger partial charge < -0.3 is 20.1 Å². The van der Waals surface area contributed by atoms with Gasteiger partial charge in [-0.1, -0.05) is 32.5 Å². The fourth-order valence-electron chi connectivity index (χ4n) is 4.49. The van der Waals surface area contributed by atoms with Gasteiger partial charge in [-0.05, 0) is 53.5 Å². The summed E-state index contributed by atoms with van der Waals surface area (Å²) >= 11 is 0. The number of carbonyl (C=O) groups is 2. The number of halogens is 1. The number of anilines is 1. The molecule has 1 aromatic carbocycles. The predicted octanol–water partition coefficient (Wildman–Crippen LogP) is 3.57. The van der Waals surface area contributed by atoms with E-state index in [2.05, 4.69) is 42.5 Å². The van der Waals surface area contributed by atoms with Gasteiger partial charge in [0.2, 0.25) is 11.8 Å². The summed E-state index contributed by atoms with van der Waals surface area (Å²) in [4.78, 5) is 34.8. The molecule has 5 rings (SSSR count). The number of pyridine rings is 1. The summed E-state index contributed by atoms with van der Waals surface area (Å²) in [5.74, 6) is -0.248. The number of aromatic nitrogens is 5. The molecule has 3 aromatic heterocycles. The van der Waals surface area contributed by atoms with Crippen molar-refractivity contribution in [2.75, 3.05) is 18.4 Å². The molecule has 1 fully saturated rings. The van der Waals surface area contributed by atoms with Gasteiger partial charge in [-0.3, -0.25) is 14.7 Å². The van der Waals surface area contributed by atoms with E-state index in [9.17, 15) is 14.0 Å². The Balaban J connectivity index is 1.37. The smallest absolute Gasteiger partial charge is 0.292 e. The summed E-state index contributed by atoms with van der Waals surface area (Å²) in [6.45, 7) is 10.5. The number of fused-ring (bicyclic) bond motifs is 1. The third kappa shape index (κ3) is 5.49. The van der Waals surface area contributed by atoms with Crippen LogP contribution in [0.1, 0.15) is 49.3 Å². The number of hydrogen-bond acceptors (Lipinski definition) is 8. The lowest BCUT2D eigenvalue weighted by Crippen LogP contribution is -2.30. The van der Waals surface area contributed by atoms with Gasteiger partial charge in [0.05, 0.1) is 5.39 Å². The minimum atomic E-state index is -0.520. The van der Waals surface area contributed by atoms with E-state index in [1.165, 1.54) is 18.2 Å². The second kappa shape index (κ2) is 10.3. The maximum atomic E-state index is 14.7. The number of rotatable bonds is 7. The van der Waals surface area contributed by atoms with E-state index >= 15 is 0 Å². The van der Waals surface area contributed by atoms with E-state index in [-0.39, 0.29) is 29.7 Å². The number of hydrogen-bond donors (Lipinski definition) is 3. The molecule has 0 spiro atoms. The van der Waals surface area contributed by atoms with Crippen LogP contribution in [0.25, 0.3) is 22.2 Å². The number of aromatic amines is 1. The zero-order valence-electron chi connectivity index (χ0n) is 21.9. The third-order valence-corrected chi connectivity index (χ3v) is 6.47. The Labute approximate surface area is 223 Å². The molecule has 11 nitrogen and oxygen atoms in total. The molecule has 1 atom stereocenters. The second-order valence-corrected chi connectivity index (χ2v) is 10.5. The Kier molecular flexibility index (Phi) is 6.85. The average Bonchev–Trinajstić information content (AvgIpc) is 3.67. The highest BCUT2D eigenvalue weighted by Gasteiger charge is 2.27. The fourth-order valence-corrected chi connectivity index (χ4v) is 4.49. The van der Waals surface area contributed by atoms with Crippen molar-refractivity contribution in [3.63, 3.8) is 0 Å². The van der Waals surface area contributed by atoms with Crippen LogP contribution in [0.5, 0.6) is 0 Å². The van der Waals surface area contributed by atoms with E-state index in [1.807, 2.05) is 20.8 Å². The van der Waals surface area contributed by atoms with Gasteiger partial charge in [0.25, 0.3) is 11.7 Å². The molecule has 0 unspecified atom stereocenters. The van der Waals surface area contributed by atoms with Crippen molar-refractivity contribution in [3.8, 4) is 11.1 Å². The van der Waals surface area contributed by atoms with E-state index in [1.54, 1.807) is 23.2 Å². The van der Waals surface area contributed by atoms with Gasteiger partial charge in [-0.25, -0.2) is 9.37 Å². The molecule has 4 heterocycles. The lowest BCUT2D eigenvalue weighted by Gasteiger charge is -2.15. The lowest BCUT2D eigenvalue weighted by molar-refractivity contribution is -0.125. The molecule has 0 bridgehead atoms. The van der Waals surface area contributed by atoms with E-state index in [0.29, 0.717) is 52.5 Å². The van der Waals surface area contributed by atoms with Crippen molar-refractivity contribution in [3.05, 3.63) is 66.2 Å². The molecule has 0 saturated carbocycles. The van der Waals surface area contributed by atoms with Gasteiger partial charge in [0.1, 0.15) is 5.82 Å². The lowest BCUT2D eigenvalue weighted by atomic mass is 9.97. The van der Waals surface area contributed by atoms with Crippen LogP contribution in [0, 0.1) is 5.82 Å². The highest BCUT2D eigenvalue weighted by molar-refractivity contribution is 6.00. The molecule has 0 radical (unpaired) electrons. The third-order valence-electron chi connectivity index (χ3n) is 6.47. The molecule has 12 heteroatoms. The van der Waals surface area contributed by atoms with Crippen LogP contribution in [0.3, 0.4) is 0 Å². The normalized spacial score (nSPS) is 15.5. The molecule has 39 heavy (non-hydrogen) atoms. The van der Waals surface area contributed by atoms with E-state index in [0.717, 1.165) is 6.42 Å². The molecule has 4 aromatic rings. The van der Waals surface area contributed by atoms with Crippen LogP contribution in [-0.2, 0) is 16.8 Å². The Morgan fingerprint density at radius 1 is 1.31 bits per heavy atom. The van der Waals surface area contributed by atoms with Crippen LogP contribution in [0.15, 0.2) is 47.6 Å². The van der Waals surface area contributed by atoms with Crippen molar-refractivity contribution in [1.29, 1.82) is 0 Å². The second-order valence-electron chi connectivity index (χ2n) is 10.5. The molecule has 2 amide bonds. The maximum absolute atomic E-state index is 14.7. The zero-order valence-corrected chi connectivity index (χ0v) is 21.9. The summed E-state index contributed by atoms with van der Waals surface area (Å²) in [5.41, 5.74) is 2.02. The highest BCUT2D eigenvalue weighted by Crippen LogP contribution is 2.33. The topological polar surface area (TPSA) is 142 Å². The van der Waals surface area contributed by atoms with Crippen LogP contribution >= 0.6 is 0 Å². The summed E-state index contributed by atoms with van der Waals surface area (Å²) < 4.78 is 19.9. The SMILES string of the molecule is C=CC(=O)N1CC[C@@H](Nc2n[nH]c3nccc(-c4cc(F)cc(CNC(=O)c5noc(C(C)(C)C)n5)c4)c23)C1. The highest BCUT2D eigenvalue weighted by atomic mass is 19.1. The van der Waals surface area contributed by atoms with Gasteiger partial charge in [-0.15, -0.1) is 0 Å². The van der Waals surface area contributed by atoms with Gasteiger partial charge in [-0.2, -0.15) is 10.1 Å². The molecule has 3 N–H and O–H groups in total. The summed E-state index contributed by atoms with van der Waals surface area (Å²) in [6, 6.07) is 6.36. The quantitative estimate of drug-likeness (QED) is 0.307. The molecule has 1 aliphatic heterocycles. The van der Waals surface area contributed by atoms with Crippen molar-refractivity contribution in [2.24, 2.45) is 0 Å². The average molecular weight is 533 g/mol. The first-order valence-electron chi connectivity index (χ1n) is 12.6. The maximum Gasteiger partial charge on any atom is 0.292 e. The van der Waals surface area contributed by atoms with Crippen LogP contribution < -0.4 is 10.6 Å². The molecule has 202 valence electrons. The van der Waals surface area contributed by atoms with Crippen molar-refractivity contribution in [2.45, 2.75) is 45.2 Å². The van der Waals surface area contributed by atoms with Crippen LogP contribution in [-0.4, -0.2) is 61.2 Å². The number of likely N-dealkylation sites (tertiary alicyclic amines) is 1. The molecule has 1 aliphatic rings. The number of benzene rings is 1. The van der Waals surface area contributed by atoms with E-state index in [4.69, 9.17) is 4.52 Å².